The zero-order valence-corrected chi connectivity index (χ0v) is 21.0. The highest BCUT2D eigenvalue weighted by Crippen LogP contribution is 2.15. The highest BCUT2D eigenvalue weighted by atomic mass is 35.5. The van der Waals surface area contributed by atoms with E-state index in [0.29, 0.717) is 6.54 Å². The number of carbonyl (C=O) groups is 1. The van der Waals surface area contributed by atoms with Gasteiger partial charge in [0.15, 0.2) is 0 Å². The van der Waals surface area contributed by atoms with Gasteiger partial charge in [0.1, 0.15) is 11.4 Å². The number of aryl methyl sites for hydroxylation is 2. The molecule has 0 aromatic heterocycles. The summed E-state index contributed by atoms with van der Waals surface area (Å²) in [5.41, 5.74) is 2.28. The van der Waals surface area contributed by atoms with E-state index in [1.54, 1.807) is 0 Å². The second-order valence-electron chi connectivity index (χ2n) is 9.22. The molecule has 0 saturated carbocycles. The molecule has 0 aliphatic heterocycles. The summed E-state index contributed by atoms with van der Waals surface area (Å²) in [6, 6.07) is 19.0. The Hall–Kier alpha value is -2.04. The van der Waals surface area contributed by atoms with Gasteiger partial charge >= 0.3 is 5.97 Å². The van der Waals surface area contributed by atoms with E-state index in [2.05, 4.69) is 54.6 Å². The van der Waals surface area contributed by atoms with Crippen LogP contribution in [0.15, 0.2) is 54.6 Å². The monoisotopic (exact) mass is 461 g/mol. The average molecular weight is 462 g/mol. The zero-order chi connectivity index (χ0) is 22.5. The number of halogens is 1. The summed E-state index contributed by atoms with van der Waals surface area (Å²) in [6.07, 6.45) is 6.60. The summed E-state index contributed by atoms with van der Waals surface area (Å²) in [5, 5.41) is 0. The van der Waals surface area contributed by atoms with Gasteiger partial charge in [0.2, 0.25) is 0 Å². The lowest BCUT2D eigenvalue weighted by Crippen LogP contribution is -2.33. The lowest BCUT2D eigenvalue weighted by atomic mass is 10.1. The Labute approximate surface area is 200 Å². The predicted molar refractivity (Wildman–Crippen MR) is 135 cm³/mol. The molecule has 0 spiro atoms. The maximum Gasteiger partial charge on any atom is 0.320 e. The molecule has 2 rings (SSSR count). The Morgan fingerprint density at radius 2 is 1.47 bits per heavy atom. The van der Waals surface area contributed by atoms with Crippen LogP contribution in [0.2, 0.25) is 0 Å². The van der Waals surface area contributed by atoms with Crippen LogP contribution in [0.5, 0.6) is 5.75 Å². The minimum atomic E-state index is -0.427. The molecule has 0 N–H and O–H groups in total. The third-order valence-electron chi connectivity index (χ3n) is 4.97. The first-order valence-electron chi connectivity index (χ1n) is 11.5. The average Bonchev–Trinajstić information content (AvgIpc) is 2.71. The van der Waals surface area contributed by atoms with Crippen molar-refractivity contribution in [2.75, 3.05) is 26.7 Å². The lowest BCUT2D eigenvalue weighted by molar-refractivity contribution is -0.155. The molecular formula is C27H40ClNO3. The molecule has 0 radical (unpaired) electrons. The van der Waals surface area contributed by atoms with Gasteiger partial charge in [-0.1, -0.05) is 42.5 Å². The van der Waals surface area contributed by atoms with Crippen molar-refractivity contribution in [3.8, 4) is 5.75 Å². The molecule has 2 aromatic carbocycles. The van der Waals surface area contributed by atoms with Crippen LogP contribution < -0.4 is 4.74 Å². The molecule has 2 aromatic rings. The van der Waals surface area contributed by atoms with Crippen molar-refractivity contribution in [3.05, 3.63) is 65.7 Å². The third kappa shape index (κ3) is 12.7. The van der Waals surface area contributed by atoms with Crippen LogP contribution in [0.3, 0.4) is 0 Å². The van der Waals surface area contributed by atoms with Gasteiger partial charge in [-0.3, -0.25) is 9.69 Å². The van der Waals surface area contributed by atoms with Crippen LogP contribution in [0.4, 0.5) is 0 Å². The van der Waals surface area contributed by atoms with E-state index in [4.69, 9.17) is 9.47 Å². The van der Waals surface area contributed by atoms with Crippen LogP contribution in [-0.2, 0) is 22.4 Å². The van der Waals surface area contributed by atoms with Crippen molar-refractivity contribution in [3.63, 3.8) is 0 Å². The van der Waals surface area contributed by atoms with Crippen LogP contribution in [0, 0.1) is 0 Å². The molecule has 178 valence electrons. The van der Waals surface area contributed by atoms with Gasteiger partial charge in [-0.25, -0.2) is 0 Å². The van der Waals surface area contributed by atoms with E-state index >= 15 is 0 Å². The number of benzene rings is 2. The molecule has 4 nitrogen and oxygen atoms in total. The van der Waals surface area contributed by atoms with Crippen molar-refractivity contribution in [2.24, 2.45) is 0 Å². The number of carbonyl (C=O) groups excluding carboxylic acids is 1. The first-order valence-corrected chi connectivity index (χ1v) is 11.5. The Morgan fingerprint density at radius 3 is 2.12 bits per heavy atom. The maximum atomic E-state index is 11.9. The van der Waals surface area contributed by atoms with Gasteiger partial charge in [0, 0.05) is 0 Å². The number of hydrogen-bond donors (Lipinski definition) is 0. The minimum Gasteiger partial charge on any atom is -0.494 e. The number of likely N-dealkylation sites (N-methyl/N-ethyl adjacent to an activating group) is 1. The highest BCUT2D eigenvalue weighted by molar-refractivity contribution is 5.85. The molecule has 0 heterocycles. The van der Waals surface area contributed by atoms with Gasteiger partial charge < -0.3 is 9.47 Å². The topological polar surface area (TPSA) is 38.8 Å². The van der Waals surface area contributed by atoms with E-state index in [-0.39, 0.29) is 18.4 Å². The molecular weight excluding hydrogens is 422 g/mol. The fraction of sp³-hybridized carbons (Fsp3) is 0.519. The standard InChI is InChI=1S/C27H39NO3.ClH/c1-27(2,3)31-26(29)22-28(4)20-11-15-24-16-18-25(19-17-24)30-21-10-6-9-14-23-12-7-5-8-13-23;/h5,7-8,12-13,16-19H,6,9-11,14-15,20-22H2,1-4H3;1H. The Kier molecular flexibility index (Phi) is 13.0. The number of esters is 1. The second kappa shape index (κ2) is 14.9. The number of nitrogens with zero attached hydrogens (tertiary/aromatic N) is 1. The summed E-state index contributed by atoms with van der Waals surface area (Å²) in [5.74, 6) is 0.769. The van der Waals surface area contributed by atoms with E-state index < -0.39 is 5.60 Å². The van der Waals surface area contributed by atoms with Crippen molar-refractivity contribution in [2.45, 2.75) is 64.9 Å². The zero-order valence-electron chi connectivity index (χ0n) is 20.1. The van der Waals surface area contributed by atoms with Crippen molar-refractivity contribution < 1.29 is 14.3 Å². The summed E-state index contributed by atoms with van der Waals surface area (Å²) in [7, 11) is 1.96. The van der Waals surface area contributed by atoms with Crippen molar-refractivity contribution in [1.29, 1.82) is 0 Å². The second-order valence-corrected chi connectivity index (χ2v) is 9.22. The van der Waals surface area contributed by atoms with Crippen LogP contribution in [-0.4, -0.2) is 43.2 Å². The third-order valence-corrected chi connectivity index (χ3v) is 4.97. The molecule has 0 saturated heterocycles. The fourth-order valence-corrected chi connectivity index (χ4v) is 3.42. The van der Waals surface area contributed by atoms with Gasteiger partial charge in [-0.05, 0) is 96.1 Å². The maximum absolute atomic E-state index is 11.9. The van der Waals surface area contributed by atoms with Gasteiger partial charge in [0.25, 0.3) is 0 Å². The normalized spacial score (nSPS) is 11.2. The molecule has 0 unspecified atom stereocenters. The number of unbranched alkanes of at least 4 members (excludes halogenated alkanes) is 2. The molecule has 0 atom stereocenters. The van der Waals surface area contributed by atoms with E-state index in [9.17, 15) is 4.79 Å². The minimum absolute atomic E-state index is 0. The first kappa shape index (κ1) is 28.0. The van der Waals surface area contributed by atoms with Gasteiger partial charge in [-0.2, -0.15) is 0 Å². The molecule has 32 heavy (non-hydrogen) atoms. The van der Waals surface area contributed by atoms with Gasteiger partial charge in [-0.15, -0.1) is 12.4 Å². The Bertz CT molecular complexity index is 757. The molecule has 0 fully saturated rings. The summed E-state index contributed by atoms with van der Waals surface area (Å²) < 4.78 is 11.2. The summed E-state index contributed by atoms with van der Waals surface area (Å²) in [6.45, 7) is 7.64. The van der Waals surface area contributed by atoms with E-state index in [0.717, 1.165) is 44.6 Å². The number of ether oxygens (including phenoxy) is 2. The number of rotatable bonds is 13. The summed E-state index contributed by atoms with van der Waals surface area (Å²) >= 11 is 0. The summed E-state index contributed by atoms with van der Waals surface area (Å²) in [4.78, 5) is 13.9. The van der Waals surface area contributed by atoms with E-state index in [1.165, 1.54) is 24.0 Å². The largest absolute Gasteiger partial charge is 0.494 e. The molecule has 0 aliphatic rings. The molecule has 0 amide bonds. The molecule has 5 heteroatoms. The van der Waals surface area contributed by atoms with E-state index in [1.807, 2.05) is 32.7 Å². The van der Waals surface area contributed by atoms with Crippen molar-refractivity contribution in [1.82, 2.24) is 4.90 Å². The Balaban J connectivity index is 0.00000512. The molecule has 0 bridgehead atoms. The lowest BCUT2D eigenvalue weighted by Gasteiger charge is -2.22. The highest BCUT2D eigenvalue weighted by Gasteiger charge is 2.17. The van der Waals surface area contributed by atoms with Crippen LogP contribution >= 0.6 is 12.4 Å². The smallest absolute Gasteiger partial charge is 0.320 e. The number of hydrogen-bond acceptors (Lipinski definition) is 4. The van der Waals surface area contributed by atoms with Crippen molar-refractivity contribution >= 4 is 18.4 Å². The van der Waals surface area contributed by atoms with Crippen LogP contribution in [0.25, 0.3) is 0 Å². The van der Waals surface area contributed by atoms with Gasteiger partial charge in [0.05, 0.1) is 13.2 Å². The first-order chi connectivity index (χ1) is 14.8. The SMILES string of the molecule is CN(CCCc1ccc(OCCCCCc2ccccc2)cc1)CC(=O)OC(C)(C)C.Cl. The Morgan fingerprint density at radius 1 is 0.844 bits per heavy atom. The molecule has 0 aliphatic carbocycles. The van der Waals surface area contributed by atoms with Crippen LogP contribution in [0.1, 0.15) is 57.6 Å². The fourth-order valence-electron chi connectivity index (χ4n) is 3.42. The predicted octanol–water partition coefficient (Wildman–Crippen LogP) is 6.11. The quantitative estimate of drug-likeness (QED) is 0.266.